The first kappa shape index (κ1) is 14.1. The Morgan fingerprint density at radius 3 is 1.94 bits per heavy atom. The molecule has 1 atom stereocenters. The number of hydrogen-bond acceptors (Lipinski definition) is 4. The molecule has 1 unspecified atom stereocenters. The van der Waals surface area contributed by atoms with E-state index in [1.165, 1.54) is 13.8 Å². The van der Waals surface area contributed by atoms with Crippen molar-refractivity contribution in [2.75, 3.05) is 0 Å². The van der Waals surface area contributed by atoms with Crippen LogP contribution < -0.4 is 0 Å². The third-order valence-electron chi connectivity index (χ3n) is 2.61. The largest absolute Gasteiger partial charge is 0.457 e. The van der Waals surface area contributed by atoms with Crippen molar-refractivity contribution >= 4 is 17.5 Å². The van der Waals surface area contributed by atoms with E-state index in [9.17, 15) is 14.4 Å². The average molecular weight is 248 g/mol. The summed E-state index contributed by atoms with van der Waals surface area (Å²) in [6.07, 6.45) is -0.486. The zero-order valence-electron chi connectivity index (χ0n) is 10.7. The SMILES string of the molecule is CC(=O)C(C(C)=O)C(=O)OC(C)c1ccccc1. The Labute approximate surface area is 106 Å². The molecule has 0 N–H and O–H groups in total. The van der Waals surface area contributed by atoms with Crippen LogP contribution in [0.4, 0.5) is 0 Å². The Balaban J connectivity index is 2.75. The molecule has 0 saturated heterocycles. The highest BCUT2D eigenvalue weighted by molar-refractivity contribution is 6.15. The molecule has 18 heavy (non-hydrogen) atoms. The highest BCUT2D eigenvalue weighted by atomic mass is 16.5. The van der Waals surface area contributed by atoms with Gasteiger partial charge in [0.2, 0.25) is 0 Å². The van der Waals surface area contributed by atoms with Crippen molar-refractivity contribution < 1.29 is 19.1 Å². The molecule has 0 aliphatic heterocycles. The molecule has 4 nitrogen and oxygen atoms in total. The maximum absolute atomic E-state index is 11.7. The van der Waals surface area contributed by atoms with Crippen molar-refractivity contribution in [2.45, 2.75) is 26.9 Å². The summed E-state index contributed by atoms with van der Waals surface area (Å²) >= 11 is 0. The Hall–Kier alpha value is -1.97. The molecule has 1 rings (SSSR count). The first-order valence-electron chi connectivity index (χ1n) is 5.69. The van der Waals surface area contributed by atoms with E-state index in [1.54, 1.807) is 6.92 Å². The zero-order chi connectivity index (χ0) is 13.7. The number of carbonyl (C=O) groups excluding carboxylic acids is 3. The van der Waals surface area contributed by atoms with Crippen LogP contribution in [0.2, 0.25) is 0 Å². The van der Waals surface area contributed by atoms with Crippen molar-refractivity contribution in [3.05, 3.63) is 35.9 Å². The molecule has 0 aliphatic rings. The fourth-order valence-corrected chi connectivity index (χ4v) is 1.65. The van der Waals surface area contributed by atoms with Crippen LogP contribution in [0, 0.1) is 5.92 Å². The Morgan fingerprint density at radius 2 is 1.50 bits per heavy atom. The van der Waals surface area contributed by atoms with Crippen LogP contribution in [0.15, 0.2) is 30.3 Å². The predicted molar refractivity (Wildman–Crippen MR) is 65.8 cm³/mol. The molecule has 1 aromatic rings. The molecule has 0 spiro atoms. The standard InChI is InChI=1S/C14H16O4/c1-9(15)13(10(2)16)14(17)18-11(3)12-7-5-4-6-8-12/h4-8,11,13H,1-3H3. The van der Waals surface area contributed by atoms with Crippen molar-refractivity contribution in [2.24, 2.45) is 5.92 Å². The van der Waals surface area contributed by atoms with Crippen LogP contribution in [0.25, 0.3) is 0 Å². The van der Waals surface area contributed by atoms with E-state index in [0.717, 1.165) is 5.56 Å². The van der Waals surface area contributed by atoms with E-state index in [-0.39, 0.29) is 0 Å². The van der Waals surface area contributed by atoms with E-state index < -0.39 is 29.6 Å². The summed E-state index contributed by atoms with van der Waals surface area (Å²) in [6, 6.07) is 9.13. The predicted octanol–water partition coefficient (Wildman–Crippen LogP) is 2.08. The lowest BCUT2D eigenvalue weighted by Gasteiger charge is -2.16. The summed E-state index contributed by atoms with van der Waals surface area (Å²) in [5.41, 5.74) is 0.816. The number of esters is 1. The van der Waals surface area contributed by atoms with E-state index >= 15 is 0 Å². The molecule has 0 radical (unpaired) electrons. The molecule has 0 aromatic heterocycles. The lowest BCUT2D eigenvalue weighted by molar-refractivity contribution is -0.158. The smallest absolute Gasteiger partial charge is 0.324 e. The molecule has 0 amide bonds. The molecule has 96 valence electrons. The lowest BCUT2D eigenvalue weighted by Crippen LogP contribution is -2.31. The van der Waals surface area contributed by atoms with Crippen LogP contribution in [-0.4, -0.2) is 17.5 Å². The third kappa shape index (κ3) is 3.52. The molecule has 0 fully saturated rings. The fraction of sp³-hybridized carbons (Fsp3) is 0.357. The number of benzene rings is 1. The van der Waals surface area contributed by atoms with Gasteiger partial charge in [0.25, 0.3) is 0 Å². The lowest BCUT2D eigenvalue weighted by atomic mass is 10.0. The van der Waals surface area contributed by atoms with Crippen molar-refractivity contribution in [1.82, 2.24) is 0 Å². The van der Waals surface area contributed by atoms with Gasteiger partial charge in [0.1, 0.15) is 6.10 Å². The second kappa shape index (κ2) is 6.10. The van der Waals surface area contributed by atoms with Gasteiger partial charge in [-0.1, -0.05) is 30.3 Å². The van der Waals surface area contributed by atoms with E-state index in [4.69, 9.17) is 4.74 Å². The number of Topliss-reactive ketones (excluding diaryl/α,β-unsaturated/α-hetero) is 2. The van der Waals surface area contributed by atoms with Crippen LogP contribution >= 0.6 is 0 Å². The zero-order valence-corrected chi connectivity index (χ0v) is 10.7. The molecule has 0 aliphatic carbocycles. The Kier molecular flexibility index (Phi) is 4.77. The third-order valence-corrected chi connectivity index (χ3v) is 2.61. The highest BCUT2D eigenvalue weighted by Crippen LogP contribution is 2.18. The summed E-state index contributed by atoms with van der Waals surface area (Å²) in [5.74, 6) is -3.08. The summed E-state index contributed by atoms with van der Waals surface area (Å²) < 4.78 is 5.14. The second-order valence-corrected chi connectivity index (χ2v) is 4.14. The van der Waals surface area contributed by atoms with E-state index in [0.29, 0.717) is 0 Å². The first-order valence-corrected chi connectivity index (χ1v) is 5.69. The molecule has 0 heterocycles. The number of ether oxygens (including phenoxy) is 1. The minimum atomic E-state index is -1.31. The van der Waals surface area contributed by atoms with Crippen molar-refractivity contribution in [3.8, 4) is 0 Å². The quantitative estimate of drug-likeness (QED) is 0.591. The van der Waals surface area contributed by atoms with Crippen molar-refractivity contribution in [1.29, 1.82) is 0 Å². The number of ketones is 2. The summed E-state index contributed by atoms with van der Waals surface area (Å²) in [4.78, 5) is 34.2. The van der Waals surface area contributed by atoms with Gasteiger partial charge in [-0.2, -0.15) is 0 Å². The Bertz CT molecular complexity index is 436. The van der Waals surface area contributed by atoms with E-state index in [2.05, 4.69) is 0 Å². The molecule has 0 bridgehead atoms. The van der Waals surface area contributed by atoms with Gasteiger partial charge in [0, 0.05) is 0 Å². The molecule has 4 heteroatoms. The van der Waals surface area contributed by atoms with Gasteiger partial charge in [0.05, 0.1) is 0 Å². The topological polar surface area (TPSA) is 60.4 Å². The molecular weight excluding hydrogens is 232 g/mol. The molecular formula is C14H16O4. The number of rotatable bonds is 5. The van der Waals surface area contributed by atoms with Gasteiger partial charge in [0.15, 0.2) is 17.5 Å². The average Bonchev–Trinajstić information content (AvgIpc) is 2.28. The van der Waals surface area contributed by atoms with Crippen LogP contribution in [0.3, 0.4) is 0 Å². The normalized spacial score (nSPS) is 12.0. The van der Waals surface area contributed by atoms with Gasteiger partial charge in [-0.05, 0) is 26.3 Å². The number of carbonyl (C=O) groups is 3. The van der Waals surface area contributed by atoms with Gasteiger partial charge < -0.3 is 4.74 Å². The summed E-state index contributed by atoms with van der Waals surface area (Å²) in [5, 5.41) is 0. The van der Waals surface area contributed by atoms with Crippen LogP contribution in [0.5, 0.6) is 0 Å². The molecule has 0 saturated carbocycles. The Morgan fingerprint density at radius 1 is 1.00 bits per heavy atom. The van der Waals surface area contributed by atoms with Crippen LogP contribution in [0.1, 0.15) is 32.4 Å². The van der Waals surface area contributed by atoms with Crippen LogP contribution in [-0.2, 0) is 19.1 Å². The monoisotopic (exact) mass is 248 g/mol. The maximum atomic E-state index is 11.7. The van der Waals surface area contributed by atoms with Crippen molar-refractivity contribution in [3.63, 3.8) is 0 Å². The first-order chi connectivity index (χ1) is 8.43. The summed E-state index contributed by atoms with van der Waals surface area (Å²) in [7, 11) is 0. The van der Waals surface area contributed by atoms with E-state index in [1.807, 2.05) is 30.3 Å². The van der Waals surface area contributed by atoms with Gasteiger partial charge in [-0.25, -0.2) is 0 Å². The second-order valence-electron chi connectivity index (χ2n) is 4.14. The maximum Gasteiger partial charge on any atom is 0.324 e. The van der Waals surface area contributed by atoms with Gasteiger partial charge >= 0.3 is 5.97 Å². The van der Waals surface area contributed by atoms with Gasteiger partial charge in [-0.15, -0.1) is 0 Å². The minimum absolute atomic E-state index is 0.486. The summed E-state index contributed by atoms with van der Waals surface area (Å²) in [6.45, 7) is 4.12. The highest BCUT2D eigenvalue weighted by Gasteiger charge is 2.30. The van der Waals surface area contributed by atoms with Gasteiger partial charge in [-0.3, -0.25) is 14.4 Å². The minimum Gasteiger partial charge on any atom is -0.457 e. The number of hydrogen-bond donors (Lipinski definition) is 0. The fourth-order valence-electron chi connectivity index (χ4n) is 1.65. The molecule has 1 aromatic carbocycles.